The molecule has 0 aliphatic heterocycles. The molecular weight excluding hydrogens is 347 g/mol. The van der Waals surface area contributed by atoms with Crippen LogP contribution in [-0.4, -0.2) is 22.2 Å². The van der Waals surface area contributed by atoms with E-state index in [1.54, 1.807) is 12.3 Å². The molecule has 8 heteroatoms. The maximum atomic E-state index is 12.5. The number of rotatable bonds is 3. The third-order valence-corrected chi connectivity index (χ3v) is 4.28. The number of nitrogens with one attached hydrogen (secondary N) is 2. The van der Waals surface area contributed by atoms with Crippen LogP contribution in [0.25, 0.3) is 0 Å². The Morgan fingerprint density at radius 2 is 1.96 bits per heavy atom. The molecule has 0 fully saturated rings. The first-order valence-electron chi connectivity index (χ1n) is 8.19. The highest BCUT2D eigenvalue weighted by atomic mass is 19.4. The number of anilines is 1. The first-order valence-corrected chi connectivity index (χ1v) is 8.19. The number of alkyl halides is 3. The van der Waals surface area contributed by atoms with Crippen LogP contribution in [0.4, 0.5) is 23.7 Å². The van der Waals surface area contributed by atoms with Crippen LogP contribution in [0.5, 0.6) is 0 Å². The van der Waals surface area contributed by atoms with Crippen molar-refractivity contribution in [1.29, 1.82) is 0 Å². The number of halogens is 3. The van der Waals surface area contributed by atoms with Gasteiger partial charge < -0.3 is 15.7 Å². The lowest BCUT2D eigenvalue weighted by molar-refractivity contribution is -0.137. The molecule has 1 atom stereocenters. The summed E-state index contributed by atoms with van der Waals surface area (Å²) in [7, 11) is 0. The second kappa shape index (κ2) is 7.33. The lowest BCUT2D eigenvalue weighted by atomic mass is 9.92. The summed E-state index contributed by atoms with van der Waals surface area (Å²) < 4.78 is 37.6. The van der Waals surface area contributed by atoms with Crippen LogP contribution in [0.1, 0.15) is 28.8 Å². The van der Waals surface area contributed by atoms with E-state index in [2.05, 4.69) is 15.6 Å². The number of benzene rings is 1. The molecular formula is C18H18F3N3O2. The number of aryl methyl sites for hydroxylation is 1. The number of amides is 2. The number of pyridine rings is 1. The molecule has 2 amide bonds. The lowest BCUT2D eigenvalue weighted by Gasteiger charge is -2.22. The van der Waals surface area contributed by atoms with E-state index in [1.165, 1.54) is 12.1 Å². The van der Waals surface area contributed by atoms with Crippen LogP contribution in [0.3, 0.4) is 0 Å². The topological polar surface area (TPSA) is 74.2 Å². The Morgan fingerprint density at radius 1 is 1.23 bits per heavy atom. The predicted molar refractivity (Wildman–Crippen MR) is 89.6 cm³/mol. The second-order valence-electron chi connectivity index (χ2n) is 6.18. The van der Waals surface area contributed by atoms with E-state index < -0.39 is 23.9 Å². The molecule has 1 heterocycles. The number of aliphatic hydroxyl groups is 1. The zero-order chi connectivity index (χ0) is 18.7. The lowest BCUT2D eigenvalue weighted by Crippen LogP contribution is -2.30. The summed E-state index contributed by atoms with van der Waals surface area (Å²) in [5.41, 5.74) is 2.08. The van der Waals surface area contributed by atoms with Gasteiger partial charge in [-0.25, -0.2) is 4.79 Å². The van der Waals surface area contributed by atoms with E-state index in [-0.39, 0.29) is 6.54 Å². The Morgan fingerprint density at radius 3 is 2.65 bits per heavy atom. The number of hydrogen-bond acceptors (Lipinski definition) is 3. The molecule has 26 heavy (non-hydrogen) atoms. The summed E-state index contributed by atoms with van der Waals surface area (Å²) in [6, 6.07) is 5.81. The van der Waals surface area contributed by atoms with Crippen LogP contribution >= 0.6 is 0 Å². The molecule has 0 bridgehead atoms. The number of fused-ring (bicyclic) bond motifs is 1. The van der Waals surface area contributed by atoms with Crippen molar-refractivity contribution in [3.8, 4) is 0 Å². The van der Waals surface area contributed by atoms with Gasteiger partial charge in [-0.1, -0.05) is 12.1 Å². The smallest absolute Gasteiger partial charge is 0.393 e. The molecule has 1 unspecified atom stereocenters. The van der Waals surface area contributed by atoms with Crippen molar-refractivity contribution in [3.63, 3.8) is 0 Å². The number of nitrogens with zero attached hydrogens (tertiary/aromatic N) is 1. The monoisotopic (exact) mass is 365 g/mol. The summed E-state index contributed by atoms with van der Waals surface area (Å²) in [6.45, 7) is 0.0971. The van der Waals surface area contributed by atoms with E-state index in [0.717, 1.165) is 23.4 Å². The standard InChI is InChI=1S/C18H18F3N3O2/c19-18(20,21)12-3-1-11(2-4-12)10-23-17(26)24-16-7-8-22-15-6-5-13(25)9-14(15)16/h1-4,7-8,13,25H,5-6,9-10H2,(H2,22,23,24,26). The second-order valence-corrected chi connectivity index (χ2v) is 6.18. The van der Waals surface area contributed by atoms with Gasteiger partial charge in [-0.3, -0.25) is 4.98 Å². The maximum absolute atomic E-state index is 12.5. The van der Waals surface area contributed by atoms with Crippen LogP contribution < -0.4 is 10.6 Å². The largest absolute Gasteiger partial charge is 0.416 e. The fourth-order valence-electron chi connectivity index (χ4n) is 2.90. The number of aromatic nitrogens is 1. The van der Waals surface area contributed by atoms with E-state index in [0.29, 0.717) is 30.5 Å². The summed E-state index contributed by atoms with van der Waals surface area (Å²) in [6.07, 6.45) is -1.51. The average molecular weight is 365 g/mol. The summed E-state index contributed by atoms with van der Waals surface area (Å²) >= 11 is 0. The van der Waals surface area contributed by atoms with Gasteiger partial charge in [0.05, 0.1) is 11.7 Å². The Bertz CT molecular complexity index is 791. The van der Waals surface area contributed by atoms with Crippen molar-refractivity contribution >= 4 is 11.7 Å². The minimum atomic E-state index is -4.38. The van der Waals surface area contributed by atoms with Gasteiger partial charge in [-0.2, -0.15) is 13.2 Å². The minimum Gasteiger partial charge on any atom is -0.393 e. The van der Waals surface area contributed by atoms with Crippen molar-refractivity contribution in [1.82, 2.24) is 10.3 Å². The van der Waals surface area contributed by atoms with Crippen molar-refractivity contribution in [2.45, 2.75) is 38.1 Å². The summed E-state index contributed by atoms with van der Waals surface area (Å²) in [4.78, 5) is 16.4. The van der Waals surface area contributed by atoms with Crippen molar-refractivity contribution in [3.05, 3.63) is 58.9 Å². The maximum Gasteiger partial charge on any atom is 0.416 e. The van der Waals surface area contributed by atoms with Gasteiger partial charge in [-0.05, 0) is 42.2 Å². The van der Waals surface area contributed by atoms with Crippen LogP contribution in [0.15, 0.2) is 36.5 Å². The van der Waals surface area contributed by atoms with Gasteiger partial charge in [0.25, 0.3) is 0 Å². The van der Waals surface area contributed by atoms with Gasteiger partial charge in [0.15, 0.2) is 0 Å². The number of carbonyl (C=O) groups excluding carboxylic acids is 1. The number of aliphatic hydroxyl groups excluding tert-OH is 1. The van der Waals surface area contributed by atoms with E-state index in [9.17, 15) is 23.1 Å². The highest BCUT2D eigenvalue weighted by Crippen LogP contribution is 2.29. The van der Waals surface area contributed by atoms with Crippen molar-refractivity contribution in [2.24, 2.45) is 0 Å². The molecule has 0 spiro atoms. The number of carbonyl (C=O) groups is 1. The molecule has 0 saturated carbocycles. The average Bonchev–Trinajstić information content (AvgIpc) is 2.60. The van der Waals surface area contributed by atoms with Crippen LogP contribution in [-0.2, 0) is 25.6 Å². The summed E-state index contributed by atoms with van der Waals surface area (Å²) in [5, 5.41) is 15.1. The molecule has 1 aromatic carbocycles. The Labute approximate surface area is 148 Å². The highest BCUT2D eigenvalue weighted by Gasteiger charge is 2.29. The van der Waals surface area contributed by atoms with E-state index in [1.807, 2.05) is 0 Å². The van der Waals surface area contributed by atoms with E-state index in [4.69, 9.17) is 0 Å². The molecule has 2 aromatic rings. The third-order valence-electron chi connectivity index (χ3n) is 4.28. The predicted octanol–water partition coefficient (Wildman–Crippen LogP) is 3.27. The van der Waals surface area contributed by atoms with E-state index >= 15 is 0 Å². The molecule has 3 rings (SSSR count). The summed E-state index contributed by atoms with van der Waals surface area (Å²) in [5.74, 6) is 0. The van der Waals surface area contributed by atoms with Gasteiger partial charge >= 0.3 is 12.2 Å². The SMILES string of the molecule is O=C(NCc1ccc(C(F)(F)F)cc1)Nc1ccnc2c1CC(O)CC2. The molecule has 1 aliphatic rings. The molecule has 0 saturated heterocycles. The number of urea groups is 1. The Balaban J connectivity index is 1.60. The molecule has 0 radical (unpaired) electrons. The molecule has 1 aromatic heterocycles. The Kier molecular flexibility index (Phi) is 5.13. The first-order chi connectivity index (χ1) is 12.3. The third kappa shape index (κ3) is 4.32. The normalized spacial score (nSPS) is 16.7. The fourth-order valence-corrected chi connectivity index (χ4v) is 2.90. The zero-order valence-electron chi connectivity index (χ0n) is 13.8. The molecule has 3 N–H and O–H groups in total. The zero-order valence-corrected chi connectivity index (χ0v) is 13.8. The van der Waals surface area contributed by atoms with Gasteiger partial charge in [0, 0.05) is 30.5 Å². The quantitative estimate of drug-likeness (QED) is 0.782. The Hall–Kier alpha value is -2.61. The van der Waals surface area contributed by atoms with Crippen LogP contribution in [0, 0.1) is 0 Å². The molecule has 1 aliphatic carbocycles. The van der Waals surface area contributed by atoms with Gasteiger partial charge in [0.1, 0.15) is 0 Å². The van der Waals surface area contributed by atoms with Gasteiger partial charge in [-0.15, -0.1) is 0 Å². The molecule has 5 nitrogen and oxygen atoms in total. The van der Waals surface area contributed by atoms with Crippen LogP contribution in [0.2, 0.25) is 0 Å². The number of hydrogen-bond donors (Lipinski definition) is 3. The first kappa shape index (κ1) is 18.2. The van der Waals surface area contributed by atoms with Crippen molar-refractivity contribution < 1.29 is 23.1 Å². The minimum absolute atomic E-state index is 0.0971. The highest BCUT2D eigenvalue weighted by molar-refractivity contribution is 5.90. The fraction of sp³-hybridized carbons (Fsp3) is 0.333. The molecule has 138 valence electrons. The van der Waals surface area contributed by atoms with Gasteiger partial charge in [0.2, 0.25) is 0 Å². The van der Waals surface area contributed by atoms with Crippen molar-refractivity contribution in [2.75, 3.05) is 5.32 Å².